The highest BCUT2D eigenvalue weighted by Gasteiger charge is 2.53. The molecule has 1 saturated carbocycles. The van der Waals surface area contributed by atoms with E-state index in [4.69, 9.17) is 0 Å². The summed E-state index contributed by atoms with van der Waals surface area (Å²) in [5, 5.41) is 3.70. The Bertz CT molecular complexity index is 1090. The van der Waals surface area contributed by atoms with Crippen LogP contribution in [0.2, 0.25) is 0 Å². The third-order valence-electron chi connectivity index (χ3n) is 10.4. The van der Waals surface area contributed by atoms with Gasteiger partial charge in [0.25, 0.3) is 0 Å². The molecule has 4 nitrogen and oxygen atoms in total. The number of amides is 1. The lowest BCUT2D eigenvalue weighted by molar-refractivity contribution is -0.406. The first-order chi connectivity index (χ1) is 18.1. The second-order valence-corrected chi connectivity index (χ2v) is 12.8. The molecule has 1 amide bonds. The number of nitrogens with zero attached hydrogens (tertiary/aromatic N) is 1. The van der Waals surface area contributed by atoms with Gasteiger partial charge in [-0.1, -0.05) is 63.4 Å². The second kappa shape index (κ2) is 10.5. The summed E-state index contributed by atoms with van der Waals surface area (Å²) in [4.78, 5) is 20.8. The van der Waals surface area contributed by atoms with Gasteiger partial charge in [0.05, 0.1) is 5.92 Å². The smallest absolute Gasteiger partial charge is 0.228 e. The number of nitrogens with one attached hydrogen (secondary N) is 2. The molecule has 3 heterocycles. The number of aryl methyl sites for hydroxylation is 1. The molecule has 1 spiro atoms. The predicted molar refractivity (Wildman–Crippen MR) is 149 cm³/mol. The van der Waals surface area contributed by atoms with Crippen LogP contribution in [0.3, 0.4) is 0 Å². The predicted octanol–water partition coefficient (Wildman–Crippen LogP) is 5.77. The Balaban J connectivity index is 1.30. The van der Waals surface area contributed by atoms with Crippen LogP contribution in [0.5, 0.6) is 0 Å². The SMILES string of the molecule is CC(C)c1ccc2c([nH+]1)CCC[C@]21CNC[C@H]1C(=O)N1CC[C@@H](c2ccccc2)C[C@H]1C1CCCCC1. The summed E-state index contributed by atoms with van der Waals surface area (Å²) in [5.41, 5.74) is 5.51. The third kappa shape index (κ3) is 4.64. The minimum absolute atomic E-state index is 0.0456. The number of rotatable bonds is 4. The fraction of sp³-hybridized carbons (Fsp3) is 0.636. The number of H-pyrrole nitrogens is 1. The average Bonchev–Trinajstić information content (AvgIpc) is 3.37. The van der Waals surface area contributed by atoms with Gasteiger partial charge in [0.2, 0.25) is 5.91 Å². The Labute approximate surface area is 223 Å². The minimum atomic E-state index is -0.0654. The van der Waals surface area contributed by atoms with Gasteiger partial charge in [0.1, 0.15) is 0 Å². The van der Waals surface area contributed by atoms with E-state index in [0.29, 0.717) is 29.7 Å². The molecule has 37 heavy (non-hydrogen) atoms. The number of benzene rings is 1. The molecule has 0 bridgehead atoms. The summed E-state index contributed by atoms with van der Waals surface area (Å²) < 4.78 is 0. The van der Waals surface area contributed by atoms with Crippen LogP contribution in [0, 0.1) is 11.8 Å². The van der Waals surface area contributed by atoms with Crippen molar-refractivity contribution in [3.63, 3.8) is 0 Å². The molecule has 2 saturated heterocycles. The lowest BCUT2D eigenvalue weighted by atomic mass is 9.64. The minimum Gasteiger partial charge on any atom is -0.339 e. The molecule has 4 heteroatoms. The molecular weight excluding hydrogens is 454 g/mol. The molecule has 2 N–H and O–H groups in total. The highest BCUT2D eigenvalue weighted by atomic mass is 16.2. The van der Waals surface area contributed by atoms with E-state index >= 15 is 0 Å². The average molecular weight is 501 g/mol. The summed E-state index contributed by atoms with van der Waals surface area (Å²) in [7, 11) is 0. The van der Waals surface area contributed by atoms with Gasteiger partial charge in [-0.15, -0.1) is 0 Å². The van der Waals surface area contributed by atoms with Crippen LogP contribution in [0.15, 0.2) is 42.5 Å². The first kappa shape index (κ1) is 25.1. The zero-order valence-corrected chi connectivity index (χ0v) is 23.0. The molecule has 3 fully saturated rings. The van der Waals surface area contributed by atoms with Crippen molar-refractivity contribution in [2.75, 3.05) is 19.6 Å². The van der Waals surface area contributed by atoms with E-state index in [1.165, 1.54) is 61.0 Å². The Morgan fingerprint density at radius 3 is 2.62 bits per heavy atom. The summed E-state index contributed by atoms with van der Waals surface area (Å²) >= 11 is 0. The van der Waals surface area contributed by atoms with Crippen molar-refractivity contribution < 1.29 is 9.78 Å². The lowest BCUT2D eigenvalue weighted by Crippen LogP contribution is -2.55. The Morgan fingerprint density at radius 2 is 1.84 bits per heavy atom. The number of fused-ring (bicyclic) bond motifs is 2. The fourth-order valence-electron chi connectivity index (χ4n) is 8.36. The number of carbonyl (C=O) groups is 1. The standard InChI is InChI=1S/C33H45N3O/c1-23(2)29-16-15-27-30(35-29)14-9-18-33(27)22-34-21-28(33)32(37)36-19-17-26(24-10-5-3-6-11-24)20-31(36)25-12-7-4-8-13-25/h3,5-6,10-11,15-16,23,25-26,28,31,34H,4,7-9,12-14,17-22H2,1-2H3/p+1/t26-,28+,31+,33+/m1/s1. The quantitative estimate of drug-likeness (QED) is 0.579. The van der Waals surface area contributed by atoms with Gasteiger partial charge in [-0.05, 0) is 62.0 Å². The van der Waals surface area contributed by atoms with Gasteiger partial charge < -0.3 is 10.2 Å². The van der Waals surface area contributed by atoms with Gasteiger partial charge >= 0.3 is 0 Å². The molecule has 1 aromatic heterocycles. The number of hydrogen-bond acceptors (Lipinski definition) is 2. The van der Waals surface area contributed by atoms with Gasteiger partial charge in [0.15, 0.2) is 11.4 Å². The molecule has 4 atom stereocenters. The fourth-order valence-corrected chi connectivity index (χ4v) is 8.36. The van der Waals surface area contributed by atoms with Crippen LogP contribution in [0.25, 0.3) is 0 Å². The maximum Gasteiger partial charge on any atom is 0.228 e. The largest absolute Gasteiger partial charge is 0.339 e. The topological polar surface area (TPSA) is 46.5 Å². The van der Waals surface area contributed by atoms with Gasteiger partial charge in [-0.25, -0.2) is 4.98 Å². The summed E-state index contributed by atoms with van der Waals surface area (Å²) in [6, 6.07) is 16.1. The molecule has 2 aromatic rings. The Hall–Kier alpha value is -2.20. The molecule has 1 aromatic carbocycles. The number of carbonyl (C=O) groups excluding carboxylic acids is 1. The van der Waals surface area contributed by atoms with Gasteiger partial charge in [0, 0.05) is 55.1 Å². The van der Waals surface area contributed by atoms with E-state index in [0.717, 1.165) is 45.3 Å². The van der Waals surface area contributed by atoms with Crippen LogP contribution >= 0.6 is 0 Å². The van der Waals surface area contributed by atoms with E-state index in [1.807, 2.05) is 0 Å². The summed E-state index contributed by atoms with van der Waals surface area (Å²) in [6.07, 6.45) is 12.2. The van der Waals surface area contributed by atoms with Crippen LogP contribution < -0.4 is 10.3 Å². The summed E-state index contributed by atoms with van der Waals surface area (Å²) in [6.45, 7) is 7.17. The van der Waals surface area contributed by atoms with Gasteiger partial charge in [-0.3, -0.25) is 4.79 Å². The third-order valence-corrected chi connectivity index (χ3v) is 10.4. The molecule has 2 aliphatic carbocycles. The van der Waals surface area contributed by atoms with Crippen molar-refractivity contribution in [3.8, 4) is 0 Å². The normalized spacial score (nSPS) is 30.6. The monoisotopic (exact) mass is 500 g/mol. The molecular formula is C33H46N3O+. The molecule has 0 radical (unpaired) electrons. The lowest BCUT2D eigenvalue weighted by Gasteiger charge is -2.47. The van der Waals surface area contributed by atoms with E-state index in [1.54, 1.807) is 0 Å². The maximum atomic E-state index is 14.6. The van der Waals surface area contributed by atoms with E-state index in [-0.39, 0.29) is 11.3 Å². The maximum absolute atomic E-state index is 14.6. The highest BCUT2D eigenvalue weighted by Crippen LogP contribution is 2.47. The van der Waals surface area contributed by atoms with Crippen molar-refractivity contribution in [2.24, 2.45) is 11.8 Å². The number of hydrogen-bond donors (Lipinski definition) is 1. The van der Waals surface area contributed by atoms with E-state index < -0.39 is 0 Å². The van der Waals surface area contributed by atoms with Crippen molar-refractivity contribution >= 4 is 5.91 Å². The molecule has 6 rings (SSSR count). The molecule has 4 aliphatic rings. The van der Waals surface area contributed by atoms with Crippen LogP contribution in [0.4, 0.5) is 0 Å². The second-order valence-electron chi connectivity index (χ2n) is 12.8. The van der Waals surface area contributed by atoms with Crippen LogP contribution in [-0.2, 0) is 16.6 Å². The zero-order valence-electron chi connectivity index (χ0n) is 23.0. The number of likely N-dealkylation sites (tertiary alicyclic amines) is 1. The van der Waals surface area contributed by atoms with E-state index in [9.17, 15) is 4.79 Å². The van der Waals surface area contributed by atoms with Crippen LogP contribution in [-0.4, -0.2) is 36.5 Å². The Morgan fingerprint density at radius 1 is 1.03 bits per heavy atom. The van der Waals surface area contributed by atoms with Gasteiger partial charge in [-0.2, -0.15) is 0 Å². The number of piperidine rings is 1. The first-order valence-corrected chi connectivity index (χ1v) is 15.2. The Kier molecular flexibility index (Phi) is 7.13. The van der Waals surface area contributed by atoms with E-state index in [2.05, 4.69) is 71.5 Å². The molecule has 0 unspecified atom stereocenters. The number of pyridine rings is 1. The van der Waals surface area contributed by atoms with Crippen molar-refractivity contribution in [2.45, 2.75) is 101 Å². The van der Waals surface area contributed by atoms with Crippen LogP contribution in [0.1, 0.15) is 106 Å². The highest BCUT2D eigenvalue weighted by molar-refractivity contribution is 5.82. The molecule has 2 aliphatic heterocycles. The van der Waals surface area contributed by atoms with Crippen molar-refractivity contribution in [3.05, 3.63) is 65.0 Å². The van der Waals surface area contributed by atoms with Crippen molar-refractivity contribution in [1.29, 1.82) is 0 Å². The number of aromatic nitrogens is 1. The zero-order chi connectivity index (χ0) is 25.4. The molecule has 198 valence electrons. The summed E-state index contributed by atoms with van der Waals surface area (Å²) in [5.74, 6) is 2.21. The number of aromatic amines is 1. The van der Waals surface area contributed by atoms with Crippen molar-refractivity contribution in [1.82, 2.24) is 10.2 Å². The first-order valence-electron chi connectivity index (χ1n) is 15.2.